The fourth-order valence-electron chi connectivity index (χ4n) is 6.44. The first-order chi connectivity index (χ1) is 18.0. The van der Waals surface area contributed by atoms with Gasteiger partial charge in [-0.25, -0.2) is 0 Å². The van der Waals surface area contributed by atoms with E-state index in [-0.39, 0.29) is 23.3 Å². The third-order valence-electron chi connectivity index (χ3n) is 8.79. The molecular weight excluding hydrogens is 484 g/mol. The highest BCUT2D eigenvalue weighted by Gasteiger charge is 2.47. The van der Waals surface area contributed by atoms with E-state index in [9.17, 15) is 9.59 Å². The molecule has 1 aliphatic carbocycles. The molecule has 0 bridgehead atoms. The molecule has 1 spiro atoms. The molecule has 1 aromatic carbocycles. The van der Waals surface area contributed by atoms with Crippen LogP contribution in [0.5, 0.6) is 0 Å². The standard InChI is InChI=1S/C30H39ClN4O2/c31-26-10-4-9-25(20-26)27(33-28(36)24-7-2-1-3-8-24)11-16-34-17-12-30(13-18-34)14-19-35(29(30)37)22-23-6-5-15-32-21-23/h4-6,9-10,15,20-21,24,27H,1-3,7-8,11-14,16-19,22H2,(H,33,36). The lowest BCUT2D eigenvalue weighted by Gasteiger charge is -2.38. The molecule has 1 N–H and O–H groups in total. The minimum atomic E-state index is -0.208. The largest absolute Gasteiger partial charge is 0.349 e. The summed E-state index contributed by atoms with van der Waals surface area (Å²) in [5, 5.41) is 4.06. The van der Waals surface area contributed by atoms with Gasteiger partial charge in [0.05, 0.1) is 11.5 Å². The highest BCUT2D eigenvalue weighted by molar-refractivity contribution is 6.30. The molecule has 0 radical (unpaired) electrons. The first kappa shape index (κ1) is 26.2. The summed E-state index contributed by atoms with van der Waals surface area (Å²) in [7, 11) is 0. The number of carbonyl (C=O) groups excluding carboxylic acids is 2. The molecule has 3 aliphatic rings. The number of nitrogens with zero attached hydrogens (tertiary/aromatic N) is 3. The van der Waals surface area contributed by atoms with Gasteiger partial charge in [0.15, 0.2) is 0 Å². The smallest absolute Gasteiger partial charge is 0.229 e. The molecule has 1 unspecified atom stereocenters. The van der Waals surface area contributed by atoms with Crippen molar-refractivity contribution in [1.29, 1.82) is 0 Å². The van der Waals surface area contributed by atoms with Crippen molar-refractivity contribution in [3.63, 3.8) is 0 Å². The molecule has 2 saturated heterocycles. The molecular formula is C30H39ClN4O2. The Hall–Kier alpha value is -2.44. The summed E-state index contributed by atoms with van der Waals surface area (Å²) in [6.45, 7) is 4.22. The molecule has 7 heteroatoms. The molecule has 2 aliphatic heterocycles. The lowest BCUT2D eigenvalue weighted by atomic mass is 9.77. The second-order valence-corrected chi connectivity index (χ2v) is 11.6. The van der Waals surface area contributed by atoms with Crippen molar-refractivity contribution in [3.8, 4) is 0 Å². The van der Waals surface area contributed by atoms with Crippen LogP contribution in [0.25, 0.3) is 0 Å². The maximum Gasteiger partial charge on any atom is 0.229 e. The number of amides is 2. The Balaban J connectivity index is 1.16. The molecule has 1 saturated carbocycles. The number of nitrogens with one attached hydrogen (secondary N) is 1. The van der Waals surface area contributed by atoms with Gasteiger partial charge in [0, 0.05) is 43.0 Å². The van der Waals surface area contributed by atoms with Gasteiger partial charge >= 0.3 is 0 Å². The summed E-state index contributed by atoms with van der Waals surface area (Å²) >= 11 is 6.31. The van der Waals surface area contributed by atoms with Crippen LogP contribution in [-0.2, 0) is 16.1 Å². The van der Waals surface area contributed by atoms with E-state index in [0.29, 0.717) is 17.5 Å². The van der Waals surface area contributed by atoms with Crippen LogP contribution in [0.4, 0.5) is 0 Å². The molecule has 37 heavy (non-hydrogen) atoms. The second-order valence-electron chi connectivity index (χ2n) is 11.2. The van der Waals surface area contributed by atoms with Crippen molar-refractivity contribution in [1.82, 2.24) is 20.1 Å². The van der Waals surface area contributed by atoms with Crippen LogP contribution < -0.4 is 5.32 Å². The second kappa shape index (κ2) is 12.0. The van der Waals surface area contributed by atoms with Gasteiger partial charge in [0.25, 0.3) is 0 Å². The molecule has 1 aromatic heterocycles. The summed E-state index contributed by atoms with van der Waals surface area (Å²) in [6, 6.07) is 11.8. The number of carbonyl (C=O) groups is 2. The van der Waals surface area contributed by atoms with E-state index in [4.69, 9.17) is 11.6 Å². The van der Waals surface area contributed by atoms with Crippen LogP contribution in [0.15, 0.2) is 48.8 Å². The van der Waals surface area contributed by atoms with Crippen LogP contribution in [0, 0.1) is 11.3 Å². The quantitative estimate of drug-likeness (QED) is 0.505. The highest BCUT2D eigenvalue weighted by atomic mass is 35.5. The number of likely N-dealkylation sites (tertiary alicyclic amines) is 2. The Labute approximate surface area is 225 Å². The van der Waals surface area contributed by atoms with Gasteiger partial charge in [-0.2, -0.15) is 0 Å². The van der Waals surface area contributed by atoms with Crippen LogP contribution in [0.2, 0.25) is 5.02 Å². The zero-order valence-corrected chi connectivity index (χ0v) is 22.5. The molecule has 5 rings (SSSR count). The van der Waals surface area contributed by atoms with E-state index in [1.807, 2.05) is 41.4 Å². The number of benzene rings is 1. The predicted octanol–water partition coefficient (Wildman–Crippen LogP) is 5.38. The summed E-state index contributed by atoms with van der Waals surface area (Å²) in [5.41, 5.74) is 1.95. The van der Waals surface area contributed by atoms with E-state index in [1.54, 1.807) is 6.20 Å². The zero-order valence-electron chi connectivity index (χ0n) is 21.7. The number of hydrogen-bond donors (Lipinski definition) is 1. The number of aromatic nitrogens is 1. The number of pyridine rings is 1. The van der Waals surface area contributed by atoms with Gasteiger partial charge in [-0.3, -0.25) is 14.6 Å². The number of halogens is 1. The van der Waals surface area contributed by atoms with Crippen LogP contribution in [0.1, 0.15) is 75.0 Å². The molecule has 2 amide bonds. The Morgan fingerprint density at radius 1 is 1.08 bits per heavy atom. The summed E-state index contributed by atoms with van der Waals surface area (Å²) in [6.07, 6.45) is 12.7. The zero-order chi connectivity index (χ0) is 25.7. The lowest BCUT2D eigenvalue weighted by Crippen LogP contribution is -2.45. The summed E-state index contributed by atoms with van der Waals surface area (Å²) in [5.74, 6) is 0.633. The molecule has 1 atom stereocenters. The van der Waals surface area contributed by atoms with Crippen molar-refractivity contribution < 1.29 is 9.59 Å². The Kier molecular flexibility index (Phi) is 8.46. The third kappa shape index (κ3) is 6.35. The van der Waals surface area contributed by atoms with Gasteiger partial charge in [-0.05, 0) is 80.9 Å². The van der Waals surface area contributed by atoms with Gasteiger partial charge in [0.1, 0.15) is 0 Å². The number of piperidine rings is 1. The predicted molar refractivity (Wildman–Crippen MR) is 146 cm³/mol. The fourth-order valence-corrected chi connectivity index (χ4v) is 6.63. The topological polar surface area (TPSA) is 65.5 Å². The molecule has 6 nitrogen and oxygen atoms in total. The SMILES string of the molecule is O=C(NC(CCN1CCC2(CC1)CCN(Cc1cccnc1)C2=O)c1cccc(Cl)c1)C1CCCCC1. The highest BCUT2D eigenvalue weighted by Crippen LogP contribution is 2.42. The van der Waals surface area contributed by atoms with E-state index in [1.165, 1.54) is 6.42 Å². The monoisotopic (exact) mass is 522 g/mol. The average molecular weight is 523 g/mol. The van der Waals surface area contributed by atoms with Crippen LogP contribution in [-0.4, -0.2) is 52.8 Å². The van der Waals surface area contributed by atoms with Crippen molar-refractivity contribution in [3.05, 3.63) is 64.9 Å². The Morgan fingerprint density at radius 2 is 1.86 bits per heavy atom. The first-order valence-electron chi connectivity index (χ1n) is 14.0. The van der Waals surface area contributed by atoms with Crippen molar-refractivity contribution in [2.24, 2.45) is 11.3 Å². The molecule has 3 fully saturated rings. The lowest BCUT2D eigenvalue weighted by molar-refractivity contribution is -0.139. The summed E-state index contributed by atoms with van der Waals surface area (Å²) in [4.78, 5) is 35.1. The van der Waals surface area contributed by atoms with E-state index in [0.717, 1.165) is 88.7 Å². The first-order valence-corrected chi connectivity index (χ1v) is 14.4. The normalized spacial score (nSPS) is 21.3. The van der Waals surface area contributed by atoms with E-state index in [2.05, 4.69) is 21.3 Å². The van der Waals surface area contributed by atoms with Gasteiger partial charge < -0.3 is 15.1 Å². The summed E-state index contributed by atoms with van der Waals surface area (Å²) < 4.78 is 0. The maximum atomic E-state index is 13.4. The Morgan fingerprint density at radius 3 is 2.59 bits per heavy atom. The fraction of sp³-hybridized carbons (Fsp3) is 0.567. The maximum absolute atomic E-state index is 13.4. The van der Waals surface area contributed by atoms with Crippen molar-refractivity contribution >= 4 is 23.4 Å². The molecule has 198 valence electrons. The van der Waals surface area contributed by atoms with Crippen molar-refractivity contribution in [2.45, 2.75) is 70.4 Å². The van der Waals surface area contributed by atoms with Gasteiger partial charge in [-0.1, -0.05) is 49.1 Å². The number of hydrogen-bond acceptors (Lipinski definition) is 4. The minimum absolute atomic E-state index is 0.0490. The third-order valence-corrected chi connectivity index (χ3v) is 9.02. The minimum Gasteiger partial charge on any atom is -0.349 e. The van der Waals surface area contributed by atoms with Crippen LogP contribution >= 0.6 is 11.6 Å². The molecule has 3 heterocycles. The number of rotatable bonds is 8. The average Bonchev–Trinajstić information content (AvgIpc) is 3.22. The van der Waals surface area contributed by atoms with Gasteiger partial charge in [-0.15, -0.1) is 0 Å². The van der Waals surface area contributed by atoms with E-state index >= 15 is 0 Å². The van der Waals surface area contributed by atoms with E-state index < -0.39 is 0 Å². The van der Waals surface area contributed by atoms with Crippen molar-refractivity contribution in [2.75, 3.05) is 26.2 Å². The van der Waals surface area contributed by atoms with Gasteiger partial charge in [0.2, 0.25) is 11.8 Å². The van der Waals surface area contributed by atoms with Crippen LogP contribution in [0.3, 0.4) is 0 Å². The Bertz CT molecular complexity index is 1060. The molecule has 2 aromatic rings.